The van der Waals surface area contributed by atoms with Crippen molar-refractivity contribution in [1.82, 2.24) is 5.32 Å². The van der Waals surface area contributed by atoms with Crippen LogP contribution in [0.2, 0.25) is 0 Å². The van der Waals surface area contributed by atoms with Crippen molar-refractivity contribution in [2.75, 3.05) is 18.5 Å². The van der Waals surface area contributed by atoms with Crippen molar-refractivity contribution < 1.29 is 18.7 Å². The molecule has 172 valence electrons. The number of fused-ring (bicyclic) bond motifs is 2. The summed E-state index contributed by atoms with van der Waals surface area (Å²) >= 11 is 1.43. The van der Waals surface area contributed by atoms with Gasteiger partial charge < -0.3 is 19.8 Å². The Morgan fingerprint density at radius 1 is 1.15 bits per heavy atom. The van der Waals surface area contributed by atoms with Gasteiger partial charge in [-0.2, -0.15) is 0 Å². The lowest BCUT2D eigenvalue weighted by molar-refractivity contribution is 0.0858. The van der Waals surface area contributed by atoms with E-state index in [1.165, 1.54) is 17.4 Å². The minimum absolute atomic E-state index is 0.0405. The first-order chi connectivity index (χ1) is 16.0. The monoisotopic (exact) mass is 466 g/mol. The quantitative estimate of drug-likeness (QED) is 0.571. The zero-order valence-electron chi connectivity index (χ0n) is 18.5. The van der Waals surface area contributed by atoms with Crippen molar-refractivity contribution in [3.05, 3.63) is 61.8 Å². The van der Waals surface area contributed by atoms with Gasteiger partial charge in [0.2, 0.25) is 0 Å². The first-order valence-corrected chi connectivity index (χ1v) is 12.3. The normalized spacial score (nSPS) is 17.3. The maximum atomic E-state index is 13.1. The zero-order valence-corrected chi connectivity index (χ0v) is 19.3. The van der Waals surface area contributed by atoms with Crippen molar-refractivity contribution in [3.8, 4) is 0 Å². The summed E-state index contributed by atoms with van der Waals surface area (Å²) in [5.41, 5.74) is 2.66. The standard InChI is InChI=1S/C25H26N2O5S/c1-2-14-8-9-19-17(11-14)18(28)12-20(32-19)23(29)27-25-22(16-6-3-7-21(16)33-25)24(30)26-13-15-5-4-10-31-15/h8-9,11-12,15H,2-7,10,13H2,1H3,(H,26,30)(H,27,29). The first kappa shape index (κ1) is 21.9. The molecule has 1 aromatic carbocycles. The predicted molar refractivity (Wildman–Crippen MR) is 127 cm³/mol. The van der Waals surface area contributed by atoms with Gasteiger partial charge in [0, 0.05) is 24.1 Å². The van der Waals surface area contributed by atoms with Crippen LogP contribution in [0.15, 0.2) is 33.5 Å². The highest BCUT2D eigenvalue weighted by molar-refractivity contribution is 7.17. The van der Waals surface area contributed by atoms with Gasteiger partial charge in [0.25, 0.3) is 11.8 Å². The van der Waals surface area contributed by atoms with E-state index in [2.05, 4.69) is 10.6 Å². The number of hydrogen-bond donors (Lipinski definition) is 2. The van der Waals surface area contributed by atoms with Crippen LogP contribution in [0.4, 0.5) is 5.00 Å². The molecule has 2 aliphatic rings. The number of anilines is 1. The Bertz CT molecular complexity index is 1290. The van der Waals surface area contributed by atoms with Gasteiger partial charge in [0.1, 0.15) is 10.6 Å². The van der Waals surface area contributed by atoms with Crippen molar-refractivity contribution in [3.63, 3.8) is 0 Å². The second kappa shape index (κ2) is 9.11. The van der Waals surface area contributed by atoms with Gasteiger partial charge in [-0.15, -0.1) is 11.3 Å². The van der Waals surface area contributed by atoms with Gasteiger partial charge >= 0.3 is 0 Å². The van der Waals surface area contributed by atoms with Crippen LogP contribution in [-0.4, -0.2) is 31.1 Å². The fourth-order valence-electron chi connectivity index (χ4n) is 4.53. The summed E-state index contributed by atoms with van der Waals surface area (Å²) in [6.45, 7) is 3.19. The summed E-state index contributed by atoms with van der Waals surface area (Å²) < 4.78 is 11.3. The molecule has 1 fully saturated rings. The lowest BCUT2D eigenvalue weighted by atomic mass is 10.1. The number of hydrogen-bond acceptors (Lipinski definition) is 6. The smallest absolute Gasteiger partial charge is 0.292 e. The Morgan fingerprint density at radius 2 is 2.03 bits per heavy atom. The highest BCUT2D eigenvalue weighted by Crippen LogP contribution is 2.39. The molecule has 1 saturated heterocycles. The molecular weight excluding hydrogens is 440 g/mol. The van der Waals surface area contributed by atoms with Gasteiger partial charge in [0.05, 0.1) is 17.1 Å². The molecule has 1 aliphatic carbocycles. The minimum atomic E-state index is -0.540. The SMILES string of the molecule is CCc1ccc2oc(C(=O)Nc3sc4c(c3C(=O)NCC3CCCO3)CCC4)cc(=O)c2c1. The van der Waals surface area contributed by atoms with E-state index in [4.69, 9.17) is 9.15 Å². The fraction of sp³-hybridized carbons (Fsp3) is 0.400. The van der Waals surface area contributed by atoms with Crippen LogP contribution in [-0.2, 0) is 24.0 Å². The Morgan fingerprint density at radius 3 is 2.82 bits per heavy atom. The summed E-state index contributed by atoms with van der Waals surface area (Å²) in [5, 5.41) is 6.76. The minimum Gasteiger partial charge on any atom is -0.451 e. The number of carbonyl (C=O) groups excluding carboxylic acids is 2. The van der Waals surface area contributed by atoms with Gasteiger partial charge in [0.15, 0.2) is 11.2 Å². The topological polar surface area (TPSA) is 97.6 Å². The number of aryl methyl sites for hydroxylation is 2. The summed E-state index contributed by atoms with van der Waals surface area (Å²) in [5.74, 6) is -0.815. The second-order valence-electron chi connectivity index (χ2n) is 8.52. The molecule has 1 atom stereocenters. The van der Waals surface area contributed by atoms with Crippen LogP contribution in [0.1, 0.15) is 63.1 Å². The van der Waals surface area contributed by atoms with Crippen LogP contribution in [0.5, 0.6) is 0 Å². The number of nitrogens with one attached hydrogen (secondary N) is 2. The van der Waals surface area contributed by atoms with Crippen LogP contribution in [0.25, 0.3) is 11.0 Å². The molecule has 2 aromatic heterocycles. The number of ether oxygens (including phenoxy) is 1. The molecule has 0 spiro atoms. The Labute approximate surface area is 195 Å². The van der Waals surface area contributed by atoms with E-state index < -0.39 is 5.91 Å². The molecule has 0 saturated carbocycles. The molecule has 7 nitrogen and oxygen atoms in total. The Balaban J connectivity index is 1.40. The summed E-state index contributed by atoms with van der Waals surface area (Å²) in [4.78, 5) is 39.8. The third-order valence-electron chi connectivity index (χ3n) is 6.31. The number of rotatable bonds is 6. The molecule has 1 aliphatic heterocycles. The van der Waals surface area contributed by atoms with E-state index in [0.29, 0.717) is 28.1 Å². The third-order valence-corrected chi connectivity index (χ3v) is 7.52. The third kappa shape index (κ3) is 4.32. The zero-order chi connectivity index (χ0) is 22.9. The van der Waals surface area contributed by atoms with Gasteiger partial charge in [-0.1, -0.05) is 13.0 Å². The highest BCUT2D eigenvalue weighted by Gasteiger charge is 2.29. The Hall–Kier alpha value is -2.97. The molecule has 1 unspecified atom stereocenters. The van der Waals surface area contributed by atoms with E-state index in [1.54, 1.807) is 12.1 Å². The average Bonchev–Trinajstić information content (AvgIpc) is 3.55. The predicted octanol–water partition coefficient (Wildman–Crippen LogP) is 4.07. The Kier molecular flexibility index (Phi) is 6.03. The van der Waals surface area contributed by atoms with E-state index in [1.807, 2.05) is 13.0 Å². The average molecular weight is 467 g/mol. The largest absolute Gasteiger partial charge is 0.451 e. The summed E-state index contributed by atoms with van der Waals surface area (Å²) in [6, 6.07) is 6.61. The molecule has 0 radical (unpaired) electrons. The van der Waals surface area contributed by atoms with Gasteiger partial charge in [-0.05, 0) is 61.8 Å². The number of benzene rings is 1. The number of amides is 2. The lowest BCUT2D eigenvalue weighted by Gasteiger charge is -2.12. The van der Waals surface area contributed by atoms with Crippen molar-refractivity contribution >= 4 is 39.1 Å². The second-order valence-corrected chi connectivity index (χ2v) is 9.62. The first-order valence-electron chi connectivity index (χ1n) is 11.5. The van der Waals surface area contributed by atoms with Crippen molar-refractivity contribution in [2.24, 2.45) is 0 Å². The van der Waals surface area contributed by atoms with Gasteiger partial charge in [-0.3, -0.25) is 14.4 Å². The molecule has 3 aromatic rings. The molecule has 2 amide bonds. The van der Waals surface area contributed by atoms with Crippen LogP contribution >= 0.6 is 11.3 Å². The number of carbonyl (C=O) groups is 2. The highest BCUT2D eigenvalue weighted by atomic mass is 32.1. The van der Waals surface area contributed by atoms with Crippen LogP contribution < -0.4 is 16.1 Å². The molecule has 5 rings (SSSR count). The van der Waals surface area contributed by atoms with E-state index >= 15 is 0 Å². The maximum Gasteiger partial charge on any atom is 0.292 e. The van der Waals surface area contributed by atoms with Crippen molar-refractivity contribution in [1.29, 1.82) is 0 Å². The van der Waals surface area contributed by atoms with Crippen LogP contribution in [0.3, 0.4) is 0 Å². The summed E-state index contributed by atoms with van der Waals surface area (Å²) in [6.07, 6.45) is 5.50. The van der Waals surface area contributed by atoms with Crippen LogP contribution in [0, 0.1) is 0 Å². The molecular formula is C25H26N2O5S. The molecule has 33 heavy (non-hydrogen) atoms. The lowest BCUT2D eigenvalue weighted by Crippen LogP contribution is -2.32. The van der Waals surface area contributed by atoms with E-state index in [9.17, 15) is 14.4 Å². The molecule has 8 heteroatoms. The molecule has 3 heterocycles. The van der Waals surface area contributed by atoms with Crippen molar-refractivity contribution in [2.45, 2.75) is 51.6 Å². The van der Waals surface area contributed by atoms with Gasteiger partial charge in [-0.25, -0.2) is 0 Å². The fourth-order valence-corrected chi connectivity index (χ4v) is 5.81. The molecule has 2 N–H and O–H groups in total. The number of thiophene rings is 1. The van der Waals surface area contributed by atoms with E-state index in [0.717, 1.165) is 61.1 Å². The maximum absolute atomic E-state index is 13.1. The summed E-state index contributed by atoms with van der Waals surface area (Å²) in [7, 11) is 0. The molecule has 0 bridgehead atoms. The van der Waals surface area contributed by atoms with E-state index in [-0.39, 0.29) is 23.2 Å².